The van der Waals surface area contributed by atoms with Crippen LogP contribution in [0, 0.1) is 0 Å². The molecular weight excluding hydrogens is 304 g/mol. The number of carbonyl (C=O) groups excluding carboxylic acids is 2. The molecule has 3 rings (SSSR count). The average molecular weight is 325 g/mol. The monoisotopic (exact) mass is 324 g/mol. The minimum absolute atomic E-state index is 0. The molecule has 2 aliphatic rings. The van der Waals surface area contributed by atoms with Gasteiger partial charge in [0.25, 0.3) is 0 Å². The molecule has 2 atom stereocenters. The summed E-state index contributed by atoms with van der Waals surface area (Å²) in [5.41, 5.74) is 7.49. The first-order chi connectivity index (χ1) is 10.1. The number of carbonyl (C=O) groups is 2. The maximum atomic E-state index is 11.5. The Morgan fingerprint density at radius 3 is 2.50 bits per heavy atom. The smallest absolute Gasteiger partial charge is 0.324 e. The number of rotatable bonds is 4. The maximum absolute atomic E-state index is 11.5. The predicted molar refractivity (Wildman–Crippen MR) is 86.0 cm³/mol. The highest BCUT2D eigenvalue weighted by Gasteiger charge is 2.33. The lowest BCUT2D eigenvalue weighted by molar-refractivity contribution is -0.125. The molecule has 2 heterocycles. The van der Waals surface area contributed by atoms with Gasteiger partial charge in [0.15, 0.2) is 0 Å². The van der Waals surface area contributed by atoms with Crippen LogP contribution in [0.3, 0.4) is 0 Å². The highest BCUT2D eigenvalue weighted by molar-refractivity contribution is 6.01. The van der Waals surface area contributed by atoms with Crippen molar-refractivity contribution in [3.63, 3.8) is 0 Å². The highest BCUT2D eigenvalue weighted by atomic mass is 35.5. The van der Waals surface area contributed by atoms with E-state index in [1.54, 1.807) is 0 Å². The van der Waals surface area contributed by atoms with Crippen molar-refractivity contribution < 1.29 is 9.59 Å². The molecule has 0 bridgehead atoms. The summed E-state index contributed by atoms with van der Waals surface area (Å²) in [6.45, 7) is 2.89. The van der Waals surface area contributed by atoms with Crippen molar-refractivity contribution in [1.29, 1.82) is 0 Å². The van der Waals surface area contributed by atoms with Gasteiger partial charge < -0.3 is 11.1 Å². The fraction of sp³-hybridized carbons (Fsp3) is 0.467. The summed E-state index contributed by atoms with van der Waals surface area (Å²) >= 11 is 0. The van der Waals surface area contributed by atoms with E-state index in [-0.39, 0.29) is 36.9 Å². The molecule has 2 fully saturated rings. The van der Waals surface area contributed by atoms with Crippen molar-refractivity contribution >= 4 is 24.3 Å². The van der Waals surface area contributed by atoms with E-state index in [4.69, 9.17) is 5.73 Å². The van der Waals surface area contributed by atoms with Crippen LogP contribution in [-0.4, -0.2) is 60.5 Å². The largest absolute Gasteiger partial charge is 0.329 e. The third-order valence-electron chi connectivity index (χ3n) is 4.25. The number of urea groups is 1. The summed E-state index contributed by atoms with van der Waals surface area (Å²) in [6, 6.07) is 10.1. The molecule has 0 spiro atoms. The predicted octanol–water partition coefficient (Wildman–Crippen LogP) is 0.387. The van der Waals surface area contributed by atoms with Gasteiger partial charge in [-0.1, -0.05) is 30.3 Å². The van der Waals surface area contributed by atoms with E-state index in [0.717, 1.165) is 13.1 Å². The molecular formula is C15H21ClN4O2. The van der Waals surface area contributed by atoms with Gasteiger partial charge >= 0.3 is 6.03 Å². The van der Waals surface area contributed by atoms with Gasteiger partial charge in [0.2, 0.25) is 5.91 Å². The van der Waals surface area contributed by atoms with Crippen LogP contribution in [0.4, 0.5) is 4.79 Å². The van der Waals surface area contributed by atoms with Crippen LogP contribution in [0.15, 0.2) is 30.3 Å². The molecule has 0 aliphatic carbocycles. The van der Waals surface area contributed by atoms with E-state index in [2.05, 4.69) is 22.3 Å². The SMILES string of the molecule is Cl.N[C@@H]1CN(CCN2C(=O)CNC2=O)C[C@H]1c1ccccc1. The van der Waals surface area contributed by atoms with Crippen molar-refractivity contribution in [2.24, 2.45) is 5.73 Å². The molecule has 3 N–H and O–H groups in total. The molecule has 22 heavy (non-hydrogen) atoms. The molecule has 1 aromatic carbocycles. The van der Waals surface area contributed by atoms with E-state index in [1.807, 2.05) is 18.2 Å². The van der Waals surface area contributed by atoms with Crippen molar-refractivity contribution in [3.8, 4) is 0 Å². The third kappa shape index (κ3) is 3.40. The van der Waals surface area contributed by atoms with Gasteiger partial charge in [-0.25, -0.2) is 4.79 Å². The van der Waals surface area contributed by atoms with Crippen molar-refractivity contribution in [2.45, 2.75) is 12.0 Å². The lowest BCUT2D eigenvalue weighted by atomic mass is 9.95. The zero-order valence-corrected chi connectivity index (χ0v) is 13.1. The van der Waals surface area contributed by atoms with E-state index in [9.17, 15) is 9.59 Å². The summed E-state index contributed by atoms with van der Waals surface area (Å²) in [5.74, 6) is 0.164. The van der Waals surface area contributed by atoms with Crippen LogP contribution >= 0.6 is 12.4 Å². The van der Waals surface area contributed by atoms with Crippen LogP contribution in [0.25, 0.3) is 0 Å². The molecule has 3 amide bonds. The van der Waals surface area contributed by atoms with E-state index >= 15 is 0 Å². The molecule has 7 heteroatoms. The van der Waals surface area contributed by atoms with Crippen molar-refractivity contribution in [2.75, 3.05) is 32.7 Å². The number of hydrogen-bond acceptors (Lipinski definition) is 4. The second kappa shape index (κ2) is 7.09. The number of nitrogens with one attached hydrogen (secondary N) is 1. The Balaban J connectivity index is 0.00000176. The van der Waals surface area contributed by atoms with E-state index < -0.39 is 0 Å². The molecule has 2 aliphatic heterocycles. The first-order valence-electron chi connectivity index (χ1n) is 7.26. The van der Waals surface area contributed by atoms with Crippen molar-refractivity contribution in [3.05, 3.63) is 35.9 Å². The zero-order valence-electron chi connectivity index (χ0n) is 12.3. The summed E-state index contributed by atoms with van der Waals surface area (Å²) < 4.78 is 0. The molecule has 0 saturated carbocycles. The first kappa shape index (κ1) is 16.7. The second-order valence-electron chi connectivity index (χ2n) is 5.64. The van der Waals surface area contributed by atoms with Gasteiger partial charge in [-0.2, -0.15) is 0 Å². The number of nitrogens with zero attached hydrogens (tertiary/aromatic N) is 2. The zero-order chi connectivity index (χ0) is 14.8. The van der Waals surface area contributed by atoms with Gasteiger partial charge in [-0.3, -0.25) is 14.6 Å². The molecule has 6 nitrogen and oxygen atoms in total. The minimum atomic E-state index is -0.289. The normalized spacial score (nSPS) is 25.2. The number of nitrogens with two attached hydrogens (primary N) is 1. The Morgan fingerprint density at radius 2 is 1.86 bits per heavy atom. The number of benzene rings is 1. The van der Waals surface area contributed by atoms with Crippen LogP contribution < -0.4 is 11.1 Å². The van der Waals surface area contributed by atoms with Gasteiger partial charge in [0.05, 0.1) is 6.54 Å². The third-order valence-corrected chi connectivity index (χ3v) is 4.25. The summed E-state index contributed by atoms with van der Waals surface area (Å²) in [4.78, 5) is 26.5. The Bertz CT molecular complexity index is 524. The Kier molecular flexibility index (Phi) is 5.39. The van der Waals surface area contributed by atoms with Gasteiger partial charge in [-0.15, -0.1) is 12.4 Å². The number of hydrogen-bond donors (Lipinski definition) is 2. The fourth-order valence-electron chi connectivity index (χ4n) is 3.07. The maximum Gasteiger partial charge on any atom is 0.324 e. The van der Waals surface area contributed by atoms with Crippen LogP contribution in [0.1, 0.15) is 11.5 Å². The Hall–Kier alpha value is -1.63. The van der Waals surface area contributed by atoms with Gasteiger partial charge in [0, 0.05) is 38.1 Å². The van der Waals surface area contributed by atoms with E-state index in [0.29, 0.717) is 19.0 Å². The molecule has 1 aromatic rings. The van der Waals surface area contributed by atoms with Crippen LogP contribution in [-0.2, 0) is 4.79 Å². The van der Waals surface area contributed by atoms with Crippen LogP contribution in [0.2, 0.25) is 0 Å². The highest BCUT2D eigenvalue weighted by Crippen LogP contribution is 2.26. The number of amides is 3. The molecule has 0 unspecified atom stereocenters. The van der Waals surface area contributed by atoms with Gasteiger partial charge in [0.1, 0.15) is 0 Å². The lowest BCUT2D eigenvalue weighted by Gasteiger charge is -2.19. The standard InChI is InChI=1S/C15H20N4O2.ClH/c16-13-10-18(6-7-19-14(20)8-17-15(19)21)9-12(13)11-4-2-1-3-5-11;/h1-5,12-13H,6-10,16H2,(H,17,21);1H/t12-,13+;/m0./s1. The molecule has 0 radical (unpaired) electrons. The molecule has 0 aromatic heterocycles. The molecule has 120 valence electrons. The summed E-state index contributed by atoms with van der Waals surface area (Å²) in [6.07, 6.45) is 0. The topological polar surface area (TPSA) is 78.7 Å². The number of likely N-dealkylation sites (tertiary alicyclic amines) is 1. The summed E-state index contributed by atoms with van der Waals surface area (Å²) in [7, 11) is 0. The number of halogens is 1. The molecule has 2 saturated heterocycles. The number of imide groups is 1. The Labute approximate surface area is 136 Å². The van der Waals surface area contributed by atoms with Crippen LogP contribution in [0.5, 0.6) is 0 Å². The lowest BCUT2D eigenvalue weighted by Crippen LogP contribution is -2.38. The fourth-order valence-corrected chi connectivity index (χ4v) is 3.07. The second-order valence-corrected chi connectivity index (χ2v) is 5.64. The van der Waals surface area contributed by atoms with Crippen molar-refractivity contribution in [1.82, 2.24) is 15.1 Å². The first-order valence-corrected chi connectivity index (χ1v) is 7.26. The quantitative estimate of drug-likeness (QED) is 0.785. The van der Waals surface area contributed by atoms with E-state index in [1.165, 1.54) is 10.5 Å². The van der Waals surface area contributed by atoms with Gasteiger partial charge in [-0.05, 0) is 5.56 Å². The Morgan fingerprint density at radius 1 is 1.14 bits per heavy atom. The minimum Gasteiger partial charge on any atom is -0.329 e. The average Bonchev–Trinajstić information content (AvgIpc) is 3.01. The summed E-state index contributed by atoms with van der Waals surface area (Å²) in [5, 5.41) is 2.53.